The molecule has 4 N–H and O–H groups in total. The molecule has 1 aromatic rings. The number of carbonyl (C=O) groups is 2. The molecular formula is C17H25N3O4S. The van der Waals surface area contributed by atoms with Gasteiger partial charge in [-0.3, -0.25) is 9.59 Å². The van der Waals surface area contributed by atoms with Crippen molar-refractivity contribution in [3.05, 3.63) is 29.8 Å². The van der Waals surface area contributed by atoms with E-state index in [0.717, 1.165) is 5.56 Å². The first-order valence-electron chi connectivity index (χ1n) is 8.17. The molecule has 0 bridgehead atoms. The largest absolute Gasteiger partial charge is 0.355 e. The van der Waals surface area contributed by atoms with E-state index in [4.69, 9.17) is 5.14 Å². The number of carbonyl (C=O) groups excluding carboxylic acids is 2. The van der Waals surface area contributed by atoms with Crippen LogP contribution in [-0.4, -0.2) is 32.3 Å². The molecule has 7 nitrogen and oxygen atoms in total. The van der Waals surface area contributed by atoms with Crippen molar-refractivity contribution in [2.75, 3.05) is 6.54 Å². The van der Waals surface area contributed by atoms with E-state index in [-0.39, 0.29) is 22.2 Å². The van der Waals surface area contributed by atoms with Crippen LogP contribution in [0.25, 0.3) is 0 Å². The Balaban J connectivity index is 1.87. The summed E-state index contributed by atoms with van der Waals surface area (Å²) in [6, 6.07) is 6.19. The minimum atomic E-state index is -3.70. The van der Waals surface area contributed by atoms with Gasteiger partial charge in [-0.1, -0.05) is 12.1 Å². The Bertz CT molecular complexity index is 760. The molecule has 0 saturated heterocycles. The summed E-state index contributed by atoms with van der Waals surface area (Å²) in [5.74, 6) is -0.481. The van der Waals surface area contributed by atoms with Crippen molar-refractivity contribution in [3.8, 4) is 0 Å². The van der Waals surface area contributed by atoms with Gasteiger partial charge in [-0.05, 0) is 57.7 Å². The molecule has 8 heteroatoms. The zero-order valence-electron chi connectivity index (χ0n) is 14.8. The maximum absolute atomic E-state index is 12.4. The monoisotopic (exact) mass is 367 g/mol. The summed E-state index contributed by atoms with van der Waals surface area (Å²) < 4.78 is 22.4. The van der Waals surface area contributed by atoms with E-state index in [1.54, 1.807) is 12.1 Å². The van der Waals surface area contributed by atoms with E-state index < -0.39 is 15.4 Å². The minimum absolute atomic E-state index is 0.0519. The van der Waals surface area contributed by atoms with Crippen LogP contribution < -0.4 is 15.8 Å². The zero-order valence-corrected chi connectivity index (χ0v) is 15.6. The highest BCUT2D eigenvalue weighted by Crippen LogP contribution is 2.46. The highest BCUT2D eigenvalue weighted by Gasteiger charge is 2.56. The second-order valence-electron chi connectivity index (χ2n) is 7.48. The molecule has 138 valence electrons. The highest BCUT2D eigenvalue weighted by atomic mass is 32.2. The van der Waals surface area contributed by atoms with Crippen molar-refractivity contribution < 1.29 is 18.0 Å². The molecule has 2 rings (SSSR count). The van der Waals surface area contributed by atoms with E-state index in [0.29, 0.717) is 25.8 Å². The first-order valence-corrected chi connectivity index (χ1v) is 9.71. The molecule has 1 saturated carbocycles. The minimum Gasteiger partial charge on any atom is -0.355 e. The van der Waals surface area contributed by atoms with Gasteiger partial charge in [-0.25, -0.2) is 13.6 Å². The third-order valence-electron chi connectivity index (χ3n) is 4.06. The standard InChI is InChI=1S/C17H25N3O4S/c1-16(2,3)20-15(22)17(9-10-17)14(21)19-11-8-12-4-6-13(7-5-12)25(18,23)24/h4-7H,8-11H2,1-3H3,(H,19,21)(H,20,22)(H2,18,23,24). The molecule has 0 heterocycles. The smallest absolute Gasteiger partial charge is 0.238 e. The van der Waals surface area contributed by atoms with Gasteiger partial charge in [0, 0.05) is 12.1 Å². The topological polar surface area (TPSA) is 118 Å². The number of sulfonamides is 1. The highest BCUT2D eigenvalue weighted by molar-refractivity contribution is 7.89. The first kappa shape index (κ1) is 19.4. The fraction of sp³-hybridized carbons (Fsp3) is 0.529. The van der Waals surface area contributed by atoms with Crippen LogP contribution >= 0.6 is 0 Å². The van der Waals surface area contributed by atoms with Gasteiger partial charge < -0.3 is 10.6 Å². The molecule has 0 atom stereocenters. The van der Waals surface area contributed by atoms with Crippen LogP contribution in [0.1, 0.15) is 39.2 Å². The average molecular weight is 367 g/mol. The van der Waals surface area contributed by atoms with Crippen LogP contribution in [-0.2, 0) is 26.0 Å². The number of rotatable bonds is 6. The molecule has 1 aliphatic carbocycles. The van der Waals surface area contributed by atoms with Gasteiger partial charge in [0.1, 0.15) is 5.41 Å². The van der Waals surface area contributed by atoms with Crippen molar-refractivity contribution in [2.45, 2.75) is 50.5 Å². The Kier molecular flexibility index (Phi) is 5.24. The number of hydrogen-bond acceptors (Lipinski definition) is 4. The van der Waals surface area contributed by atoms with Crippen molar-refractivity contribution in [3.63, 3.8) is 0 Å². The number of hydrogen-bond donors (Lipinski definition) is 3. The second kappa shape index (κ2) is 6.76. The average Bonchev–Trinajstić information content (AvgIpc) is 3.26. The lowest BCUT2D eigenvalue weighted by Gasteiger charge is -2.24. The lowest BCUT2D eigenvalue weighted by atomic mass is 10.0. The van der Waals surface area contributed by atoms with Gasteiger partial charge in [-0.2, -0.15) is 0 Å². The van der Waals surface area contributed by atoms with E-state index in [2.05, 4.69) is 10.6 Å². The van der Waals surface area contributed by atoms with Crippen LogP contribution in [0.3, 0.4) is 0 Å². The van der Waals surface area contributed by atoms with Crippen molar-refractivity contribution in [1.82, 2.24) is 10.6 Å². The molecule has 1 fully saturated rings. The van der Waals surface area contributed by atoms with Crippen molar-refractivity contribution >= 4 is 21.8 Å². The van der Waals surface area contributed by atoms with Crippen molar-refractivity contribution in [2.24, 2.45) is 10.6 Å². The van der Waals surface area contributed by atoms with Gasteiger partial charge in [-0.15, -0.1) is 0 Å². The predicted octanol–water partition coefficient (Wildman–Crippen LogP) is 0.688. The van der Waals surface area contributed by atoms with Crippen LogP contribution in [0.5, 0.6) is 0 Å². The van der Waals surface area contributed by atoms with Crippen LogP contribution in [0.4, 0.5) is 0 Å². The Morgan fingerprint density at radius 3 is 2.12 bits per heavy atom. The summed E-state index contributed by atoms with van der Waals surface area (Å²) in [5.41, 5.74) is -0.445. The molecule has 0 aliphatic heterocycles. The fourth-order valence-corrected chi connectivity index (χ4v) is 2.99. The van der Waals surface area contributed by atoms with Crippen LogP contribution in [0, 0.1) is 5.41 Å². The van der Waals surface area contributed by atoms with E-state index in [1.165, 1.54) is 12.1 Å². The molecule has 0 aromatic heterocycles. The number of nitrogens with two attached hydrogens (primary N) is 1. The summed E-state index contributed by atoms with van der Waals surface area (Å²) >= 11 is 0. The summed E-state index contributed by atoms with van der Waals surface area (Å²) in [6.07, 6.45) is 1.65. The Hall–Kier alpha value is -1.93. The molecular weight excluding hydrogens is 342 g/mol. The maximum atomic E-state index is 12.4. The third-order valence-corrected chi connectivity index (χ3v) is 4.99. The summed E-state index contributed by atoms with van der Waals surface area (Å²) in [7, 11) is -3.70. The van der Waals surface area contributed by atoms with E-state index in [1.807, 2.05) is 20.8 Å². The lowest BCUT2D eigenvalue weighted by Crippen LogP contribution is -2.49. The molecule has 0 radical (unpaired) electrons. The summed E-state index contributed by atoms with van der Waals surface area (Å²) in [6.45, 7) is 6.01. The third kappa shape index (κ3) is 5.02. The lowest BCUT2D eigenvalue weighted by molar-refractivity contribution is -0.138. The van der Waals surface area contributed by atoms with Gasteiger partial charge >= 0.3 is 0 Å². The second-order valence-corrected chi connectivity index (χ2v) is 9.04. The Morgan fingerprint density at radius 2 is 1.68 bits per heavy atom. The number of nitrogens with one attached hydrogen (secondary N) is 2. The van der Waals surface area contributed by atoms with E-state index >= 15 is 0 Å². The SMILES string of the molecule is CC(C)(C)NC(=O)C1(C(=O)NCCc2ccc(S(N)(=O)=O)cc2)CC1. The number of amides is 2. The number of benzene rings is 1. The Labute approximate surface area is 148 Å². The van der Waals surface area contributed by atoms with Crippen LogP contribution in [0.15, 0.2) is 29.2 Å². The molecule has 0 unspecified atom stereocenters. The van der Waals surface area contributed by atoms with E-state index in [9.17, 15) is 18.0 Å². The molecule has 25 heavy (non-hydrogen) atoms. The summed E-state index contributed by atoms with van der Waals surface area (Å²) in [4.78, 5) is 24.7. The van der Waals surface area contributed by atoms with Crippen molar-refractivity contribution in [1.29, 1.82) is 0 Å². The fourth-order valence-electron chi connectivity index (χ4n) is 2.48. The van der Waals surface area contributed by atoms with Gasteiger partial charge in [0.15, 0.2) is 0 Å². The predicted molar refractivity (Wildman–Crippen MR) is 94.1 cm³/mol. The van der Waals surface area contributed by atoms with Gasteiger partial charge in [0.25, 0.3) is 0 Å². The number of primary sulfonamides is 1. The first-order chi connectivity index (χ1) is 11.4. The quantitative estimate of drug-likeness (QED) is 0.641. The zero-order chi connectivity index (χ0) is 18.9. The Morgan fingerprint density at radius 1 is 1.12 bits per heavy atom. The van der Waals surface area contributed by atoms with Gasteiger partial charge in [0.2, 0.25) is 21.8 Å². The maximum Gasteiger partial charge on any atom is 0.238 e. The van der Waals surface area contributed by atoms with Gasteiger partial charge in [0.05, 0.1) is 4.90 Å². The molecule has 1 aromatic carbocycles. The molecule has 1 aliphatic rings. The molecule has 2 amide bonds. The summed E-state index contributed by atoms with van der Waals surface area (Å²) in [5, 5.41) is 10.7. The van der Waals surface area contributed by atoms with Crippen LogP contribution in [0.2, 0.25) is 0 Å². The normalized spacial score (nSPS) is 16.2. The molecule has 0 spiro atoms.